The SMILES string of the molecule is C=C=COC(C)C. The van der Waals surface area contributed by atoms with E-state index in [9.17, 15) is 0 Å². The molecule has 0 saturated heterocycles. The molecule has 1 nitrogen and oxygen atoms in total. The van der Waals surface area contributed by atoms with Gasteiger partial charge in [0.2, 0.25) is 0 Å². The van der Waals surface area contributed by atoms with Gasteiger partial charge >= 0.3 is 0 Å². The highest BCUT2D eigenvalue weighted by molar-refractivity contribution is 4.64. The Morgan fingerprint density at radius 1 is 1.71 bits per heavy atom. The Hall–Kier alpha value is -0.680. The molecule has 0 atom stereocenters. The molecule has 0 aliphatic carbocycles. The van der Waals surface area contributed by atoms with Crippen LogP contribution in [0.4, 0.5) is 0 Å². The summed E-state index contributed by atoms with van der Waals surface area (Å²) in [6.45, 7) is 7.23. The van der Waals surface area contributed by atoms with Crippen molar-refractivity contribution in [2.75, 3.05) is 0 Å². The average molecular weight is 98.1 g/mol. The van der Waals surface area contributed by atoms with Gasteiger partial charge in [0.05, 0.1) is 6.10 Å². The second-order valence-corrected chi connectivity index (χ2v) is 1.51. The lowest BCUT2D eigenvalue weighted by atomic mass is 10.5. The van der Waals surface area contributed by atoms with Crippen molar-refractivity contribution < 1.29 is 4.74 Å². The van der Waals surface area contributed by atoms with Crippen LogP contribution in [0.3, 0.4) is 0 Å². The van der Waals surface area contributed by atoms with Gasteiger partial charge < -0.3 is 4.74 Å². The molecule has 0 aliphatic heterocycles. The van der Waals surface area contributed by atoms with Crippen LogP contribution in [-0.4, -0.2) is 6.10 Å². The summed E-state index contributed by atoms with van der Waals surface area (Å²) in [5, 5.41) is 0. The standard InChI is InChI=1S/C6H10O/c1-4-5-7-6(2)3/h5-6H,1H2,2-3H3. The van der Waals surface area contributed by atoms with Crippen LogP contribution in [0.2, 0.25) is 0 Å². The van der Waals surface area contributed by atoms with Crippen molar-refractivity contribution in [1.29, 1.82) is 0 Å². The molecule has 0 aliphatic rings. The Balaban J connectivity index is 3.13. The molecule has 0 fully saturated rings. The average Bonchev–Trinajstić information content (AvgIpc) is 1.61. The van der Waals surface area contributed by atoms with E-state index >= 15 is 0 Å². The summed E-state index contributed by atoms with van der Waals surface area (Å²) < 4.78 is 4.89. The van der Waals surface area contributed by atoms with E-state index in [0.29, 0.717) is 0 Å². The summed E-state index contributed by atoms with van der Waals surface area (Å²) in [4.78, 5) is 0. The fraction of sp³-hybridized carbons (Fsp3) is 0.500. The van der Waals surface area contributed by atoms with E-state index in [1.54, 1.807) is 0 Å². The van der Waals surface area contributed by atoms with E-state index < -0.39 is 0 Å². The third kappa shape index (κ3) is 5.32. The van der Waals surface area contributed by atoms with Gasteiger partial charge in [0.25, 0.3) is 0 Å². The van der Waals surface area contributed by atoms with E-state index in [1.807, 2.05) is 13.8 Å². The molecule has 0 bridgehead atoms. The molecule has 0 rings (SSSR count). The molecule has 0 aromatic heterocycles. The molecule has 0 radical (unpaired) electrons. The first-order chi connectivity index (χ1) is 3.27. The molecule has 0 unspecified atom stereocenters. The minimum atomic E-state index is 0.245. The van der Waals surface area contributed by atoms with Crippen LogP contribution in [-0.2, 0) is 4.74 Å². The lowest BCUT2D eigenvalue weighted by molar-refractivity contribution is 0.180. The van der Waals surface area contributed by atoms with Crippen molar-refractivity contribution in [2.45, 2.75) is 20.0 Å². The highest BCUT2D eigenvalue weighted by Crippen LogP contribution is 1.84. The summed E-state index contributed by atoms with van der Waals surface area (Å²) in [5.74, 6) is 0. The number of hydrogen-bond donors (Lipinski definition) is 0. The summed E-state index contributed by atoms with van der Waals surface area (Å²) in [5.41, 5.74) is 2.50. The van der Waals surface area contributed by atoms with E-state index in [1.165, 1.54) is 6.26 Å². The molecule has 0 aromatic rings. The van der Waals surface area contributed by atoms with Gasteiger partial charge in [-0.3, -0.25) is 0 Å². The van der Waals surface area contributed by atoms with E-state index in [0.717, 1.165) is 0 Å². The van der Waals surface area contributed by atoms with Crippen LogP contribution in [0.1, 0.15) is 13.8 Å². The van der Waals surface area contributed by atoms with Crippen LogP contribution >= 0.6 is 0 Å². The first-order valence-electron chi connectivity index (χ1n) is 2.27. The van der Waals surface area contributed by atoms with Gasteiger partial charge in [-0.05, 0) is 13.8 Å². The Kier molecular flexibility index (Phi) is 3.17. The minimum Gasteiger partial charge on any atom is -0.490 e. The zero-order valence-electron chi connectivity index (χ0n) is 4.77. The Morgan fingerprint density at radius 3 is 2.43 bits per heavy atom. The summed E-state index contributed by atoms with van der Waals surface area (Å²) in [7, 11) is 0. The van der Waals surface area contributed by atoms with Gasteiger partial charge in [0, 0.05) is 0 Å². The van der Waals surface area contributed by atoms with Gasteiger partial charge in [-0.1, -0.05) is 12.3 Å². The highest BCUT2D eigenvalue weighted by atomic mass is 16.5. The molecule has 0 N–H and O–H groups in total. The fourth-order valence-corrected chi connectivity index (χ4v) is 0.184. The lowest BCUT2D eigenvalue weighted by Gasteiger charge is -1.99. The summed E-state index contributed by atoms with van der Waals surface area (Å²) >= 11 is 0. The van der Waals surface area contributed by atoms with Crippen molar-refractivity contribution in [3.63, 3.8) is 0 Å². The molecular formula is C6H10O. The third-order valence-electron chi connectivity index (χ3n) is 0.424. The Labute approximate surface area is 44.3 Å². The molecule has 0 spiro atoms. The Bertz CT molecular complexity index is 78.2. The van der Waals surface area contributed by atoms with Crippen molar-refractivity contribution in [3.05, 3.63) is 18.6 Å². The van der Waals surface area contributed by atoms with E-state index in [4.69, 9.17) is 4.74 Å². The quantitative estimate of drug-likeness (QED) is 0.377. The predicted molar refractivity (Wildman–Crippen MR) is 29.9 cm³/mol. The van der Waals surface area contributed by atoms with Crippen molar-refractivity contribution in [2.24, 2.45) is 0 Å². The second kappa shape index (κ2) is 3.51. The number of ether oxygens (including phenoxy) is 1. The number of rotatable bonds is 2. The monoisotopic (exact) mass is 98.1 g/mol. The van der Waals surface area contributed by atoms with Gasteiger partial charge in [0.15, 0.2) is 0 Å². The Morgan fingerprint density at radius 2 is 2.29 bits per heavy atom. The zero-order chi connectivity index (χ0) is 5.70. The molecule has 0 heterocycles. The van der Waals surface area contributed by atoms with E-state index in [2.05, 4.69) is 12.3 Å². The van der Waals surface area contributed by atoms with Crippen molar-refractivity contribution in [3.8, 4) is 0 Å². The molecule has 0 aromatic carbocycles. The van der Waals surface area contributed by atoms with Gasteiger partial charge in [-0.2, -0.15) is 0 Å². The smallest absolute Gasteiger partial charge is 0.125 e. The van der Waals surface area contributed by atoms with Crippen LogP contribution in [0.25, 0.3) is 0 Å². The molecule has 0 saturated carbocycles. The highest BCUT2D eigenvalue weighted by Gasteiger charge is 1.82. The molecule has 0 amide bonds. The van der Waals surface area contributed by atoms with Crippen molar-refractivity contribution in [1.82, 2.24) is 0 Å². The summed E-state index contributed by atoms with van der Waals surface area (Å²) in [6, 6.07) is 0. The van der Waals surface area contributed by atoms with Gasteiger partial charge in [-0.15, -0.1) is 0 Å². The maximum absolute atomic E-state index is 4.89. The molecule has 7 heavy (non-hydrogen) atoms. The summed E-state index contributed by atoms with van der Waals surface area (Å²) in [6.07, 6.45) is 1.71. The molecular weight excluding hydrogens is 88.1 g/mol. The largest absolute Gasteiger partial charge is 0.490 e. The molecule has 1 heteroatoms. The lowest BCUT2D eigenvalue weighted by Crippen LogP contribution is -1.93. The van der Waals surface area contributed by atoms with Crippen molar-refractivity contribution >= 4 is 0 Å². The molecule has 40 valence electrons. The van der Waals surface area contributed by atoms with Crippen LogP contribution in [0.15, 0.2) is 18.6 Å². The van der Waals surface area contributed by atoms with E-state index in [-0.39, 0.29) is 6.10 Å². The van der Waals surface area contributed by atoms with Crippen LogP contribution in [0.5, 0.6) is 0 Å². The van der Waals surface area contributed by atoms with Gasteiger partial charge in [0.1, 0.15) is 6.26 Å². The second-order valence-electron chi connectivity index (χ2n) is 1.51. The zero-order valence-corrected chi connectivity index (χ0v) is 4.77. The maximum Gasteiger partial charge on any atom is 0.125 e. The third-order valence-corrected chi connectivity index (χ3v) is 0.424. The van der Waals surface area contributed by atoms with Crippen LogP contribution < -0.4 is 0 Å². The first kappa shape index (κ1) is 6.32. The predicted octanol–water partition coefficient (Wildman–Crippen LogP) is 1.71. The topological polar surface area (TPSA) is 9.23 Å². The maximum atomic E-state index is 4.89. The minimum absolute atomic E-state index is 0.245. The van der Waals surface area contributed by atoms with Crippen LogP contribution in [0, 0.1) is 0 Å². The fourth-order valence-electron chi connectivity index (χ4n) is 0.184. The van der Waals surface area contributed by atoms with Gasteiger partial charge in [-0.25, -0.2) is 0 Å². The first-order valence-corrected chi connectivity index (χ1v) is 2.27. The number of hydrogen-bond acceptors (Lipinski definition) is 1. The normalized spacial score (nSPS) is 7.86.